The smallest absolute Gasteiger partial charge is 0.337 e. The summed E-state index contributed by atoms with van der Waals surface area (Å²) in [6.07, 6.45) is 0.967. The molecule has 0 radical (unpaired) electrons. The number of benzene rings is 3. The highest BCUT2D eigenvalue weighted by atomic mass is 16.5. The second-order valence-electron chi connectivity index (χ2n) is 9.09. The molecule has 3 aromatic carbocycles. The molecule has 188 valence electrons. The molecule has 4 rings (SSSR count). The fraction of sp³-hybridized carbons (Fsp3) is 0.310. The van der Waals surface area contributed by atoms with Crippen LogP contribution in [-0.4, -0.2) is 58.9 Å². The Labute approximate surface area is 211 Å². The average molecular weight is 489 g/mol. The zero-order valence-corrected chi connectivity index (χ0v) is 20.7. The number of methoxy groups -OCH3 is 1. The second-order valence-corrected chi connectivity index (χ2v) is 9.09. The monoisotopic (exact) mass is 488 g/mol. The largest absolute Gasteiger partial charge is 0.508 e. The van der Waals surface area contributed by atoms with Gasteiger partial charge >= 0.3 is 5.97 Å². The minimum absolute atomic E-state index is 0.0838. The lowest BCUT2D eigenvalue weighted by Gasteiger charge is -2.29. The molecule has 1 amide bonds. The van der Waals surface area contributed by atoms with E-state index in [1.807, 2.05) is 54.4 Å². The van der Waals surface area contributed by atoms with Crippen LogP contribution < -0.4 is 0 Å². The van der Waals surface area contributed by atoms with Gasteiger partial charge in [0.25, 0.3) is 0 Å². The van der Waals surface area contributed by atoms with Crippen LogP contribution in [0.25, 0.3) is 11.1 Å². The van der Waals surface area contributed by atoms with Crippen molar-refractivity contribution < 1.29 is 24.5 Å². The van der Waals surface area contributed by atoms with Gasteiger partial charge in [0.1, 0.15) is 5.75 Å². The van der Waals surface area contributed by atoms with Crippen LogP contribution >= 0.6 is 0 Å². The van der Waals surface area contributed by atoms with Gasteiger partial charge in [0.2, 0.25) is 5.91 Å². The first kappa shape index (κ1) is 25.4. The summed E-state index contributed by atoms with van der Waals surface area (Å²) in [6, 6.07) is 20.3. The maximum Gasteiger partial charge on any atom is 0.337 e. The van der Waals surface area contributed by atoms with Crippen molar-refractivity contribution in [1.82, 2.24) is 10.0 Å². The number of ether oxygens (including phenoxy) is 1. The molecule has 0 bridgehead atoms. The number of nitrogens with zero attached hydrogens (tertiary/aromatic N) is 2. The van der Waals surface area contributed by atoms with E-state index in [1.54, 1.807) is 29.3 Å². The molecule has 1 saturated heterocycles. The summed E-state index contributed by atoms with van der Waals surface area (Å²) in [7, 11) is 1.36. The lowest BCUT2D eigenvalue weighted by molar-refractivity contribution is -0.138. The molecule has 36 heavy (non-hydrogen) atoms. The zero-order valence-electron chi connectivity index (χ0n) is 20.7. The summed E-state index contributed by atoms with van der Waals surface area (Å²) in [4.78, 5) is 24.1. The third kappa shape index (κ3) is 5.93. The van der Waals surface area contributed by atoms with E-state index in [2.05, 4.69) is 0 Å². The number of hydrazine groups is 1. The molecular weight excluding hydrogens is 456 g/mol. The Balaban J connectivity index is 1.35. The normalized spacial score (nSPS) is 14.8. The Bertz CT molecular complexity index is 1220. The molecule has 1 atom stereocenters. The van der Waals surface area contributed by atoms with Gasteiger partial charge < -0.3 is 14.9 Å². The van der Waals surface area contributed by atoms with Gasteiger partial charge in [-0.3, -0.25) is 9.80 Å². The summed E-state index contributed by atoms with van der Waals surface area (Å²) in [5.41, 5.74) is 5.32. The third-order valence-electron chi connectivity index (χ3n) is 6.65. The molecular formula is C29H32N2O5. The lowest BCUT2D eigenvalue weighted by Crippen LogP contribution is -2.41. The van der Waals surface area contributed by atoms with Crippen LogP contribution in [0.3, 0.4) is 0 Å². The molecule has 1 unspecified atom stereocenters. The molecule has 0 saturated carbocycles. The van der Waals surface area contributed by atoms with Crippen LogP contribution in [0.1, 0.15) is 46.0 Å². The van der Waals surface area contributed by atoms with Crippen molar-refractivity contribution in [2.75, 3.05) is 26.7 Å². The van der Waals surface area contributed by atoms with Gasteiger partial charge in [0.15, 0.2) is 0 Å². The first-order chi connectivity index (χ1) is 17.4. The average Bonchev–Trinajstić information content (AvgIpc) is 3.24. The van der Waals surface area contributed by atoms with Crippen molar-refractivity contribution in [3.63, 3.8) is 0 Å². The van der Waals surface area contributed by atoms with Gasteiger partial charge in [0.05, 0.1) is 18.8 Å². The second kappa shape index (κ2) is 11.4. The molecule has 7 heteroatoms. The van der Waals surface area contributed by atoms with Crippen LogP contribution in [0.15, 0.2) is 66.7 Å². The molecule has 0 spiro atoms. The number of carbonyl (C=O) groups is 2. The predicted molar refractivity (Wildman–Crippen MR) is 137 cm³/mol. The SMILES string of the molecule is COC(=O)c1ccc(CCN2C(=O)CCN2CCC(O)c2cccc(-c3ccc(O)cc3C)c2)cc1. The molecule has 1 aliphatic heterocycles. The van der Waals surface area contributed by atoms with E-state index >= 15 is 0 Å². The fourth-order valence-electron chi connectivity index (χ4n) is 4.61. The Hall–Kier alpha value is -3.68. The van der Waals surface area contributed by atoms with E-state index in [9.17, 15) is 19.8 Å². The third-order valence-corrected chi connectivity index (χ3v) is 6.65. The summed E-state index contributed by atoms with van der Waals surface area (Å²) >= 11 is 0. The number of hydrogen-bond donors (Lipinski definition) is 2. The summed E-state index contributed by atoms with van der Waals surface area (Å²) in [6.45, 7) is 3.70. The van der Waals surface area contributed by atoms with E-state index in [4.69, 9.17) is 4.74 Å². The number of hydrogen-bond acceptors (Lipinski definition) is 6. The number of aliphatic hydroxyl groups is 1. The summed E-state index contributed by atoms with van der Waals surface area (Å²) in [5, 5.41) is 24.4. The van der Waals surface area contributed by atoms with Gasteiger partial charge in [-0.25, -0.2) is 9.80 Å². The highest BCUT2D eigenvalue weighted by Crippen LogP contribution is 2.29. The number of amides is 1. The van der Waals surface area contributed by atoms with Gasteiger partial charge in [-0.1, -0.05) is 36.4 Å². The summed E-state index contributed by atoms with van der Waals surface area (Å²) < 4.78 is 4.73. The number of aromatic hydroxyl groups is 1. The number of phenols is 1. The Morgan fingerprint density at radius 2 is 1.83 bits per heavy atom. The maximum atomic E-state index is 12.5. The van der Waals surface area contributed by atoms with E-state index < -0.39 is 6.10 Å². The molecule has 1 fully saturated rings. The van der Waals surface area contributed by atoms with E-state index in [0.717, 1.165) is 27.8 Å². The first-order valence-electron chi connectivity index (χ1n) is 12.2. The van der Waals surface area contributed by atoms with Crippen LogP contribution in [0, 0.1) is 6.92 Å². The standard InChI is InChI=1S/C29H32N2O5/c1-20-18-25(32)10-11-26(20)23-4-3-5-24(19-23)27(33)13-15-30-16-14-28(34)31(30)17-12-21-6-8-22(9-7-21)29(35)36-2/h3-11,18-19,27,32-33H,12-17H2,1-2H3. The topological polar surface area (TPSA) is 90.3 Å². The molecule has 2 N–H and O–H groups in total. The van der Waals surface area contributed by atoms with Crippen LogP contribution in [0.4, 0.5) is 0 Å². The van der Waals surface area contributed by atoms with Gasteiger partial charge in [-0.2, -0.15) is 0 Å². The quantitative estimate of drug-likeness (QED) is 0.437. The van der Waals surface area contributed by atoms with Crippen LogP contribution in [0.5, 0.6) is 5.75 Å². The van der Waals surface area contributed by atoms with Crippen molar-refractivity contribution in [3.05, 3.63) is 89.0 Å². The molecule has 0 aromatic heterocycles. The van der Waals surface area contributed by atoms with Gasteiger partial charge in [-0.15, -0.1) is 0 Å². The van der Waals surface area contributed by atoms with E-state index in [0.29, 0.717) is 44.5 Å². The number of phenolic OH excluding ortho intramolecular Hbond substituents is 1. The Morgan fingerprint density at radius 1 is 1.06 bits per heavy atom. The molecule has 0 aliphatic carbocycles. The predicted octanol–water partition coefficient (Wildman–Crippen LogP) is 4.27. The van der Waals surface area contributed by atoms with Crippen LogP contribution in [-0.2, 0) is 16.0 Å². The van der Waals surface area contributed by atoms with Crippen molar-refractivity contribution in [2.45, 2.75) is 32.3 Å². The van der Waals surface area contributed by atoms with E-state index in [1.165, 1.54) is 7.11 Å². The van der Waals surface area contributed by atoms with Crippen LogP contribution in [0.2, 0.25) is 0 Å². The highest BCUT2D eigenvalue weighted by Gasteiger charge is 2.28. The number of carbonyl (C=O) groups excluding carboxylic acids is 2. The van der Waals surface area contributed by atoms with Crippen molar-refractivity contribution in [1.29, 1.82) is 0 Å². The number of esters is 1. The van der Waals surface area contributed by atoms with Crippen molar-refractivity contribution in [2.24, 2.45) is 0 Å². The van der Waals surface area contributed by atoms with Gasteiger partial charge in [0, 0.05) is 26.1 Å². The molecule has 1 heterocycles. The molecule has 3 aromatic rings. The zero-order chi connectivity index (χ0) is 25.7. The number of aryl methyl sites for hydroxylation is 1. The minimum atomic E-state index is -0.661. The Kier molecular flexibility index (Phi) is 8.03. The maximum absolute atomic E-state index is 12.5. The number of rotatable bonds is 9. The molecule has 7 nitrogen and oxygen atoms in total. The van der Waals surface area contributed by atoms with Gasteiger partial charge in [-0.05, 0) is 77.9 Å². The van der Waals surface area contributed by atoms with Crippen molar-refractivity contribution in [3.8, 4) is 16.9 Å². The minimum Gasteiger partial charge on any atom is -0.508 e. The fourth-order valence-corrected chi connectivity index (χ4v) is 4.61. The first-order valence-corrected chi connectivity index (χ1v) is 12.2. The van der Waals surface area contributed by atoms with Crippen molar-refractivity contribution >= 4 is 11.9 Å². The number of aliphatic hydroxyl groups excluding tert-OH is 1. The Morgan fingerprint density at radius 3 is 2.56 bits per heavy atom. The highest BCUT2D eigenvalue weighted by molar-refractivity contribution is 5.89. The lowest BCUT2D eigenvalue weighted by atomic mass is 9.96. The molecule has 1 aliphatic rings. The summed E-state index contributed by atoms with van der Waals surface area (Å²) in [5.74, 6) is -0.0550. The van der Waals surface area contributed by atoms with E-state index in [-0.39, 0.29) is 17.6 Å².